The normalized spacial score (nSPS) is 12.4. The second-order valence-corrected chi connectivity index (χ2v) is 37.3. The molecule has 0 amide bonds. The van der Waals surface area contributed by atoms with E-state index in [-0.39, 0.29) is 0 Å². The SMILES string of the molecule is CCCCCCC[CH2][Sn]([CH2]CCCCCCC)([O]CCCCC)[O][Sn]([CH2]CCCCCCC)([CH2]CCCCCCC)[O]CCCCC. The van der Waals surface area contributed by atoms with E-state index in [1.807, 2.05) is 0 Å². The molecule has 284 valence electrons. The van der Waals surface area contributed by atoms with Crippen molar-refractivity contribution in [1.82, 2.24) is 0 Å². The first kappa shape index (κ1) is 48.5. The van der Waals surface area contributed by atoms with Gasteiger partial charge in [-0.3, -0.25) is 0 Å². The second kappa shape index (κ2) is 37.2. The molecule has 0 aromatic rings. The molecule has 47 heavy (non-hydrogen) atoms. The van der Waals surface area contributed by atoms with Crippen molar-refractivity contribution >= 4 is 38.4 Å². The summed E-state index contributed by atoms with van der Waals surface area (Å²) in [5.74, 6) is 0. The van der Waals surface area contributed by atoms with E-state index in [4.69, 9.17) is 7.56 Å². The Balaban J connectivity index is 6.22. The van der Waals surface area contributed by atoms with E-state index >= 15 is 0 Å². The Kier molecular flexibility index (Phi) is 38.4. The van der Waals surface area contributed by atoms with Crippen molar-refractivity contribution in [2.24, 2.45) is 0 Å². The first-order valence-corrected chi connectivity index (χ1v) is 34.8. The number of rotatable bonds is 40. The van der Waals surface area contributed by atoms with E-state index in [2.05, 4.69) is 41.5 Å². The summed E-state index contributed by atoms with van der Waals surface area (Å²) < 4.78 is 27.9. The van der Waals surface area contributed by atoms with Crippen LogP contribution in [0.2, 0.25) is 17.7 Å². The zero-order valence-corrected chi connectivity index (χ0v) is 39.4. The molecule has 3 nitrogen and oxygen atoms in total. The summed E-state index contributed by atoms with van der Waals surface area (Å²) in [4.78, 5) is 0. The third-order valence-corrected chi connectivity index (χ3v) is 43.5. The Labute approximate surface area is 308 Å². The molecule has 0 saturated carbocycles. The molecule has 0 bridgehead atoms. The van der Waals surface area contributed by atoms with Crippen molar-refractivity contribution in [3.8, 4) is 0 Å². The third kappa shape index (κ3) is 29.7. The van der Waals surface area contributed by atoms with Gasteiger partial charge in [-0.25, -0.2) is 0 Å². The van der Waals surface area contributed by atoms with Crippen LogP contribution in [0, 0.1) is 0 Å². The van der Waals surface area contributed by atoms with Crippen LogP contribution in [0.3, 0.4) is 0 Å². The first-order valence-electron chi connectivity index (χ1n) is 22.1. The molecule has 0 saturated heterocycles. The Morgan fingerprint density at radius 1 is 0.255 bits per heavy atom. The van der Waals surface area contributed by atoms with E-state index < -0.39 is 38.4 Å². The van der Waals surface area contributed by atoms with Gasteiger partial charge in [0.15, 0.2) is 0 Å². The molecule has 0 aliphatic rings. The fourth-order valence-corrected chi connectivity index (χ4v) is 48.6. The maximum absolute atomic E-state index is 8.07. The molecule has 0 aliphatic heterocycles. The quantitative estimate of drug-likeness (QED) is 0.0453. The number of unbranched alkanes of at least 4 members (excludes halogenated alkanes) is 24. The van der Waals surface area contributed by atoms with Crippen LogP contribution in [0.15, 0.2) is 0 Å². The summed E-state index contributed by atoms with van der Waals surface area (Å²) in [6.07, 6.45) is 40.3. The second-order valence-electron chi connectivity index (χ2n) is 15.1. The van der Waals surface area contributed by atoms with Crippen LogP contribution in [0.25, 0.3) is 0 Å². The average molecular weight is 881 g/mol. The predicted molar refractivity (Wildman–Crippen MR) is 216 cm³/mol. The molecule has 0 radical (unpaired) electrons. The van der Waals surface area contributed by atoms with Crippen LogP contribution >= 0.6 is 0 Å². The van der Waals surface area contributed by atoms with Gasteiger partial charge in [-0.1, -0.05) is 0 Å². The van der Waals surface area contributed by atoms with E-state index in [0.29, 0.717) is 0 Å². The van der Waals surface area contributed by atoms with Crippen LogP contribution in [-0.2, 0) is 7.56 Å². The van der Waals surface area contributed by atoms with E-state index in [0.717, 1.165) is 13.2 Å². The van der Waals surface area contributed by atoms with Crippen molar-refractivity contribution in [3.05, 3.63) is 0 Å². The summed E-state index contributed by atoms with van der Waals surface area (Å²) in [6, 6.07) is 0. The van der Waals surface area contributed by atoms with Gasteiger partial charge in [0.25, 0.3) is 0 Å². The summed E-state index contributed by atoms with van der Waals surface area (Å²) in [6.45, 7) is 15.9. The number of hydrogen-bond donors (Lipinski definition) is 0. The molecule has 0 rings (SSSR count). The molecule has 0 N–H and O–H groups in total. The van der Waals surface area contributed by atoms with Crippen molar-refractivity contribution in [3.63, 3.8) is 0 Å². The molecule has 0 atom stereocenters. The molecule has 0 aliphatic carbocycles. The molecule has 0 heterocycles. The van der Waals surface area contributed by atoms with Crippen LogP contribution < -0.4 is 0 Å². The van der Waals surface area contributed by atoms with Gasteiger partial charge in [0.1, 0.15) is 0 Å². The van der Waals surface area contributed by atoms with Crippen LogP contribution in [0.5, 0.6) is 0 Å². The van der Waals surface area contributed by atoms with Gasteiger partial charge < -0.3 is 0 Å². The molecular formula is C42H90O3Sn2. The Morgan fingerprint density at radius 2 is 0.468 bits per heavy atom. The van der Waals surface area contributed by atoms with Crippen LogP contribution in [0.1, 0.15) is 234 Å². The zero-order valence-electron chi connectivity index (χ0n) is 33.7. The number of hydrogen-bond acceptors (Lipinski definition) is 3. The van der Waals surface area contributed by atoms with Gasteiger partial charge in [0.2, 0.25) is 0 Å². The zero-order chi connectivity index (χ0) is 34.6. The fraction of sp³-hybridized carbons (Fsp3) is 1.00. The van der Waals surface area contributed by atoms with E-state index in [1.54, 1.807) is 0 Å². The Bertz CT molecular complexity index is 520. The van der Waals surface area contributed by atoms with Gasteiger partial charge in [-0.15, -0.1) is 0 Å². The Morgan fingerprint density at radius 3 is 0.723 bits per heavy atom. The molecular weight excluding hydrogens is 790 g/mol. The molecule has 0 spiro atoms. The van der Waals surface area contributed by atoms with Crippen molar-refractivity contribution in [2.75, 3.05) is 13.2 Å². The van der Waals surface area contributed by atoms with E-state index in [9.17, 15) is 0 Å². The summed E-state index contributed by atoms with van der Waals surface area (Å²) >= 11 is -6.77. The molecule has 0 aromatic carbocycles. The molecule has 0 fully saturated rings. The van der Waals surface area contributed by atoms with Crippen LogP contribution in [-0.4, -0.2) is 51.6 Å². The first-order chi connectivity index (χ1) is 23.1. The molecule has 0 aromatic heterocycles. The Hall–Kier alpha value is 1.48. The molecule has 0 unspecified atom stereocenters. The topological polar surface area (TPSA) is 27.7 Å². The van der Waals surface area contributed by atoms with Crippen LogP contribution in [0.4, 0.5) is 0 Å². The fourth-order valence-electron chi connectivity index (χ4n) is 7.06. The standard InChI is InChI=1S/4C8H17.2C5H11O.O.2Sn/c4*1-3-5-7-8-6-4-2;2*1-2-3-4-5-6;;;/h4*1,3-8H2,2H3;2*2-5H2,1H3;;;/q;;;;2*-1;;2*+1. The minimum absolute atomic E-state index is 0.946. The van der Waals surface area contributed by atoms with Crippen molar-refractivity contribution in [2.45, 2.75) is 252 Å². The minimum atomic E-state index is -3.38. The molecule has 5 heteroatoms. The maximum atomic E-state index is 8.07. The predicted octanol–water partition coefficient (Wildman–Crippen LogP) is 15.7. The van der Waals surface area contributed by atoms with Gasteiger partial charge in [-0.05, 0) is 0 Å². The van der Waals surface area contributed by atoms with Gasteiger partial charge in [0.05, 0.1) is 0 Å². The van der Waals surface area contributed by atoms with Gasteiger partial charge >= 0.3 is 311 Å². The van der Waals surface area contributed by atoms with Crippen molar-refractivity contribution in [1.29, 1.82) is 0 Å². The third-order valence-electron chi connectivity index (χ3n) is 10.2. The summed E-state index contributed by atoms with van der Waals surface area (Å²) in [7, 11) is 0. The van der Waals surface area contributed by atoms with Crippen molar-refractivity contribution < 1.29 is 7.56 Å². The van der Waals surface area contributed by atoms with Gasteiger partial charge in [0, 0.05) is 0 Å². The van der Waals surface area contributed by atoms with Gasteiger partial charge in [-0.2, -0.15) is 0 Å². The summed E-state index contributed by atoms with van der Waals surface area (Å²) in [5, 5.41) is 0. The summed E-state index contributed by atoms with van der Waals surface area (Å²) in [5.41, 5.74) is 0. The average Bonchev–Trinajstić information content (AvgIpc) is 3.08. The monoisotopic (exact) mass is 882 g/mol. The van der Waals surface area contributed by atoms with E-state index in [1.165, 1.54) is 210 Å².